The molecule has 2 heterocycles. The van der Waals surface area contributed by atoms with Crippen LogP contribution in [0.2, 0.25) is 0 Å². The zero-order valence-corrected chi connectivity index (χ0v) is 31.9. The summed E-state index contributed by atoms with van der Waals surface area (Å²) >= 11 is 0. The summed E-state index contributed by atoms with van der Waals surface area (Å²) in [6, 6.07) is 10.4. The maximum atomic E-state index is 12.9. The summed E-state index contributed by atoms with van der Waals surface area (Å²) in [5.41, 5.74) is 5.54. The van der Waals surface area contributed by atoms with Crippen molar-refractivity contribution in [1.29, 1.82) is 5.26 Å². The van der Waals surface area contributed by atoms with Gasteiger partial charge < -0.3 is 30.3 Å². The quantitative estimate of drug-likeness (QED) is 0.172. The predicted octanol–water partition coefficient (Wildman–Crippen LogP) is 9.18. The molecule has 1 aliphatic heterocycles. The number of pyridine rings is 1. The highest BCUT2D eigenvalue weighted by Crippen LogP contribution is 2.39. The predicted molar refractivity (Wildman–Crippen MR) is 208 cm³/mol. The number of hydrogen-bond donors (Lipinski definition) is 3. The number of fused-ring (bicyclic) bond motifs is 1. The molecule has 1 aliphatic carbocycles. The van der Waals surface area contributed by atoms with Gasteiger partial charge in [-0.15, -0.1) is 0 Å². The molecule has 1 amide bonds. The Kier molecular flexibility index (Phi) is 13.6. The molecular weight excluding hydrogens is 637 g/mol. The molecule has 2 atom stereocenters. The third-order valence-corrected chi connectivity index (χ3v) is 11.2. The molecule has 1 saturated carbocycles. The number of anilines is 3. The van der Waals surface area contributed by atoms with Gasteiger partial charge in [0.2, 0.25) is 5.91 Å². The van der Waals surface area contributed by atoms with E-state index in [0.29, 0.717) is 59.8 Å². The SMILES string of the molecule is CCOc1cc2ncc(C#N)c(Nc3ccc(OCC4NC5(CCCCCCCCC5)CCC4C)c(C)c3C)c2cc1NC(=O)CCCN(C)C. The fourth-order valence-corrected chi connectivity index (χ4v) is 7.83. The molecule has 9 heteroatoms. The number of carbonyl (C=O) groups is 1. The lowest BCUT2D eigenvalue weighted by Crippen LogP contribution is -2.58. The van der Waals surface area contributed by atoms with Gasteiger partial charge in [0.1, 0.15) is 24.2 Å². The van der Waals surface area contributed by atoms with Gasteiger partial charge in [-0.2, -0.15) is 5.26 Å². The molecule has 2 aliphatic rings. The van der Waals surface area contributed by atoms with Gasteiger partial charge in [0.05, 0.1) is 29.1 Å². The van der Waals surface area contributed by atoms with Crippen molar-refractivity contribution in [2.24, 2.45) is 5.92 Å². The lowest BCUT2D eigenvalue weighted by Gasteiger charge is -2.46. The Morgan fingerprint density at radius 3 is 2.41 bits per heavy atom. The Balaban J connectivity index is 1.35. The van der Waals surface area contributed by atoms with E-state index in [2.05, 4.69) is 52.7 Å². The van der Waals surface area contributed by atoms with Gasteiger partial charge >= 0.3 is 0 Å². The Labute approximate surface area is 305 Å². The molecule has 3 aromatic rings. The van der Waals surface area contributed by atoms with Gasteiger partial charge in [-0.3, -0.25) is 9.78 Å². The molecule has 2 unspecified atom stereocenters. The molecule has 0 bridgehead atoms. The molecule has 51 heavy (non-hydrogen) atoms. The van der Waals surface area contributed by atoms with E-state index < -0.39 is 0 Å². The summed E-state index contributed by atoms with van der Waals surface area (Å²) in [7, 11) is 3.99. The number of rotatable bonds is 12. The molecule has 0 radical (unpaired) electrons. The molecule has 2 aromatic carbocycles. The first kappa shape index (κ1) is 38.4. The summed E-state index contributed by atoms with van der Waals surface area (Å²) in [5, 5.41) is 21.6. The molecule has 1 spiro atoms. The number of carbonyl (C=O) groups excluding carboxylic acids is 1. The summed E-state index contributed by atoms with van der Waals surface area (Å²) in [6.07, 6.45) is 17.3. The fourth-order valence-electron chi connectivity index (χ4n) is 7.83. The first-order valence-electron chi connectivity index (χ1n) is 19.3. The van der Waals surface area contributed by atoms with Crippen LogP contribution in [0.4, 0.5) is 17.1 Å². The molecule has 3 N–H and O–H groups in total. The minimum atomic E-state index is -0.0818. The lowest BCUT2D eigenvalue weighted by atomic mass is 9.74. The average molecular weight is 697 g/mol. The number of amides is 1. The second-order valence-electron chi connectivity index (χ2n) is 15.2. The van der Waals surface area contributed by atoms with E-state index in [-0.39, 0.29) is 11.4 Å². The van der Waals surface area contributed by atoms with Crippen LogP contribution in [-0.2, 0) is 4.79 Å². The smallest absolute Gasteiger partial charge is 0.224 e. The molecular formula is C42H60N6O3. The van der Waals surface area contributed by atoms with Crippen molar-refractivity contribution >= 4 is 33.9 Å². The Morgan fingerprint density at radius 2 is 1.73 bits per heavy atom. The Bertz CT molecular complexity index is 1670. The van der Waals surface area contributed by atoms with Crippen LogP contribution in [-0.4, -0.2) is 61.2 Å². The molecule has 9 nitrogen and oxygen atoms in total. The number of benzene rings is 2. The second kappa shape index (κ2) is 18.1. The van der Waals surface area contributed by atoms with Crippen molar-refractivity contribution in [2.45, 2.75) is 123 Å². The number of nitrogens with one attached hydrogen (secondary N) is 3. The van der Waals surface area contributed by atoms with Crippen LogP contribution in [0.5, 0.6) is 11.5 Å². The van der Waals surface area contributed by atoms with Crippen molar-refractivity contribution in [2.75, 3.05) is 44.5 Å². The third kappa shape index (κ3) is 9.93. The van der Waals surface area contributed by atoms with Crippen LogP contribution in [0.15, 0.2) is 30.5 Å². The number of nitrogens with zero attached hydrogens (tertiary/aromatic N) is 3. The van der Waals surface area contributed by atoms with Crippen molar-refractivity contribution < 1.29 is 14.3 Å². The van der Waals surface area contributed by atoms with Gasteiger partial charge in [-0.25, -0.2) is 0 Å². The van der Waals surface area contributed by atoms with E-state index in [9.17, 15) is 10.1 Å². The molecule has 1 saturated heterocycles. The Morgan fingerprint density at radius 1 is 1.00 bits per heavy atom. The van der Waals surface area contributed by atoms with Crippen LogP contribution in [0.3, 0.4) is 0 Å². The second-order valence-corrected chi connectivity index (χ2v) is 15.2. The standard InChI is InChI=1S/C42H60N6O3/c1-7-50-39-25-35-33(24-36(39)45-40(49)16-15-23-48(5)6)41(32(26-43)27-44-35)46-34-17-18-38(31(4)30(34)3)51-28-37-29(2)19-22-42(47-37)20-13-11-9-8-10-12-14-21-42/h17-18,24-25,27,29,37,47H,7-16,19-23,28H2,1-6H3,(H,44,46)(H,45,49). The molecule has 5 rings (SSSR count). The zero-order chi connectivity index (χ0) is 36.4. The lowest BCUT2D eigenvalue weighted by molar-refractivity contribution is -0.116. The average Bonchev–Trinajstić information content (AvgIpc) is 3.11. The van der Waals surface area contributed by atoms with Gasteiger partial charge in [-0.05, 0) is 109 Å². The summed E-state index contributed by atoms with van der Waals surface area (Å²) in [6.45, 7) is 10.4. The van der Waals surface area contributed by atoms with Gasteiger partial charge in [-0.1, -0.05) is 51.9 Å². The molecule has 2 fully saturated rings. The number of hydrogen-bond acceptors (Lipinski definition) is 8. The van der Waals surface area contributed by atoms with Crippen LogP contribution >= 0.6 is 0 Å². The van der Waals surface area contributed by atoms with Gasteiger partial charge in [0.25, 0.3) is 0 Å². The monoisotopic (exact) mass is 696 g/mol. The van der Waals surface area contributed by atoms with Crippen molar-refractivity contribution in [3.05, 3.63) is 47.2 Å². The third-order valence-electron chi connectivity index (χ3n) is 11.2. The number of piperidine rings is 1. The highest BCUT2D eigenvalue weighted by Gasteiger charge is 2.38. The molecule has 1 aromatic heterocycles. The zero-order valence-electron chi connectivity index (χ0n) is 31.9. The van der Waals surface area contributed by atoms with Crippen LogP contribution < -0.4 is 25.4 Å². The number of aromatic nitrogens is 1. The van der Waals surface area contributed by atoms with E-state index in [1.54, 1.807) is 6.20 Å². The van der Waals surface area contributed by atoms with E-state index in [1.165, 1.54) is 70.6 Å². The summed E-state index contributed by atoms with van der Waals surface area (Å²) in [5.74, 6) is 1.92. The maximum absolute atomic E-state index is 12.9. The Hall–Kier alpha value is -3.87. The van der Waals surface area contributed by atoms with Crippen molar-refractivity contribution in [1.82, 2.24) is 15.2 Å². The van der Waals surface area contributed by atoms with E-state index in [0.717, 1.165) is 40.9 Å². The van der Waals surface area contributed by atoms with Crippen LogP contribution in [0.1, 0.15) is 114 Å². The van der Waals surface area contributed by atoms with E-state index in [4.69, 9.17) is 9.47 Å². The highest BCUT2D eigenvalue weighted by atomic mass is 16.5. The van der Waals surface area contributed by atoms with E-state index >= 15 is 0 Å². The van der Waals surface area contributed by atoms with Crippen LogP contribution in [0, 0.1) is 31.1 Å². The first-order valence-corrected chi connectivity index (χ1v) is 19.3. The van der Waals surface area contributed by atoms with Gasteiger partial charge in [0, 0.05) is 41.3 Å². The normalized spacial score (nSPS) is 19.4. The van der Waals surface area contributed by atoms with Crippen molar-refractivity contribution in [3.63, 3.8) is 0 Å². The molecule has 276 valence electrons. The van der Waals surface area contributed by atoms with Crippen LogP contribution in [0.25, 0.3) is 10.9 Å². The summed E-state index contributed by atoms with van der Waals surface area (Å²) < 4.78 is 12.5. The number of nitriles is 1. The minimum absolute atomic E-state index is 0.0818. The number of ether oxygens (including phenoxy) is 2. The maximum Gasteiger partial charge on any atom is 0.224 e. The minimum Gasteiger partial charge on any atom is -0.492 e. The van der Waals surface area contributed by atoms with Gasteiger partial charge in [0.15, 0.2) is 0 Å². The first-order chi connectivity index (χ1) is 24.6. The largest absolute Gasteiger partial charge is 0.492 e. The highest BCUT2D eigenvalue weighted by molar-refractivity contribution is 6.02. The van der Waals surface area contributed by atoms with E-state index in [1.807, 2.05) is 45.3 Å². The topological polar surface area (TPSA) is 112 Å². The van der Waals surface area contributed by atoms with Crippen molar-refractivity contribution in [3.8, 4) is 17.6 Å². The fraction of sp³-hybridized carbons (Fsp3) is 0.595. The summed E-state index contributed by atoms with van der Waals surface area (Å²) in [4.78, 5) is 19.6.